The zero-order valence-electron chi connectivity index (χ0n) is 12.2. The second-order valence-corrected chi connectivity index (χ2v) is 5.99. The minimum Gasteiger partial charge on any atom is -0.365 e. The highest BCUT2D eigenvalue weighted by Gasteiger charge is 2.29. The first-order chi connectivity index (χ1) is 9.45. The van der Waals surface area contributed by atoms with E-state index in [0.717, 1.165) is 30.5 Å². The van der Waals surface area contributed by atoms with Crippen LogP contribution in [0, 0.1) is 10.1 Å². The van der Waals surface area contributed by atoms with E-state index in [1.165, 1.54) is 12.5 Å². The monoisotopic (exact) mass is 296 g/mol. The highest BCUT2D eigenvalue weighted by atomic mass is 35.5. The van der Waals surface area contributed by atoms with Gasteiger partial charge in [-0.15, -0.1) is 0 Å². The molecule has 1 aliphatic heterocycles. The topological polar surface area (TPSA) is 46.4 Å². The minimum atomic E-state index is -0.377. The molecule has 0 aromatic heterocycles. The summed E-state index contributed by atoms with van der Waals surface area (Å²) in [5, 5.41) is 11.5. The maximum absolute atomic E-state index is 11.0. The van der Waals surface area contributed by atoms with E-state index in [1.54, 1.807) is 6.07 Å². The smallest absolute Gasteiger partial charge is 0.271 e. The molecule has 0 aliphatic carbocycles. The third-order valence-corrected chi connectivity index (χ3v) is 4.46. The Hall–Kier alpha value is -1.29. The van der Waals surface area contributed by atoms with E-state index in [4.69, 9.17) is 11.6 Å². The van der Waals surface area contributed by atoms with E-state index in [9.17, 15) is 10.1 Å². The summed E-state index contributed by atoms with van der Waals surface area (Å²) in [4.78, 5) is 12.9. The summed E-state index contributed by atoms with van der Waals surface area (Å²) in [6.45, 7) is 6.41. The fourth-order valence-electron chi connectivity index (χ4n) is 3.17. The zero-order valence-corrected chi connectivity index (χ0v) is 13.0. The Morgan fingerprint density at radius 1 is 1.35 bits per heavy atom. The number of halogens is 1. The van der Waals surface area contributed by atoms with Gasteiger partial charge < -0.3 is 4.90 Å². The molecule has 1 saturated heterocycles. The predicted octanol–water partition coefficient (Wildman–Crippen LogP) is 4.58. The van der Waals surface area contributed by atoms with Gasteiger partial charge in [-0.05, 0) is 45.1 Å². The Morgan fingerprint density at radius 2 is 1.95 bits per heavy atom. The Balaban J connectivity index is 2.52. The van der Waals surface area contributed by atoms with Crippen molar-refractivity contribution in [2.24, 2.45) is 0 Å². The van der Waals surface area contributed by atoms with Gasteiger partial charge in [-0.3, -0.25) is 10.1 Å². The second-order valence-electron chi connectivity index (χ2n) is 5.58. The van der Waals surface area contributed by atoms with Crippen LogP contribution in [0.3, 0.4) is 0 Å². The minimum absolute atomic E-state index is 0.0768. The molecular formula is C15H21ClN2O2. The van der Waals surface area contributed by atoms with Crippen LogP contribution in [0.5, 0.6) is 0 Å². The Morgan fingerprint density at radius 3 is 2.45 bits per heavy atom. The molecule has 1 aromatic carbocycles. The van der Waals surface area contributed by atoms with E-state index in [-0.39, 0.29) is 10.6 Å². The number of anilines is 1. The molecule has 20 heavy (non-hydrogen) atoms. The molecule has 1 heterocycles. The molecule has 1 fully saturated rings. The van der Waals surface area contributed by atoms with Gasteiger partial charge in [0.2, 0.25) is 0 Å². The molecule has 0 saturated carbocycles. The Kier molecular flexibility index (Phi) is 4.53. The van der Waals surface area contributed by atoms with Crippen molar-refractivity contribution in [2.75, 3.05) is 4.90 Å². The standard InChI is InChI=1S/C15H21ClN2O2/c1-4-12-8-13(18(19)20)9-14(16)15(12)17-10(2)6-5-7-11(17)3/h8-11H,4-7H2,1-3H3/t10-,11-/m0/s1. The first-order valence-corrected chi connectivity index (χ1v) is 7.58. The Bertz CT molecular complexity index is 509. The lowest BCUT2D eigenvalue weighted by molar-refractivity contribution is -0.384. The Labute approximate surface area is 124 Å². The van der Waals surface area contributed by atoms with Crippen LogP contribution < -0.4 is 4.90 Å². The van der Waals surface area contributed by atoms with Crippen LogP contribution in [0.4, 0.5) is 11.4 Å². The van der Waals surface area contributed by atoms with Gasteiger partial charge in [0.25, 0.3) is 5.69 Å². The largest absolute Gasteiger partial charge is 0.365 e. The van der Waals surface area contributed by atoms with Crippen molar-refractivity contribution in [3.05, 3.63) is 32.8 Å². The quantitative estimate of drug-likeness (QED) is 0.606. The number of benzene rings is 1. The van der Waals surface area contributed by atoms with Crippen LogP contribution in [-0.4, -0.2) is 17.0 Å². The van der Waals surface area contributed by atoms with Crippen LogP contribution >= 0.6 is 11.6 Å². The molecular weight excluding hydrogens is 276 g/mol. The zero-order chi connectivity index (χ0) is 14.9. The first kappa shape index (κ1) is 15.1. The van der Waals surface area contributed by atoms with Gasteiger partial charge in [0.05, 0.1) is 15.6 Å². The molecule has 2 rings (SSSR count). The van der Waals surface area contributed by atoms with Crippen molar-refractivity contribution in [1.82, 2.24) is 0 Å². The van der Waals surface area contributed by atoms with Gasteiger partial charge in [0.15, 0.2) is 0 Å². The summed E-state index contributed by atoms with van der Waals surface area (Å²) in [5.74, 6) is 0. The summed E-state index contributed by atoms with van der Waals surface area (Å²) in [7, 11) is 0. The summed E-state index contributed by atoms with van der Waals surface area (Å²) in [5.41, 5.74) is 2.03. The van der Waals surface area contributed by atoms with Crippen LogP contribution in [0.25, 0.3) is 0 Å². The maximum atomic E-state index is 11.0. The molecule has 5 heteroatoms. The van der Waals surface area contributed by atoms with E-state index in [0.29, 0.717) is 17.1 Å². The average molecular weight is 297 g/mol. The lowest BCUT2D eigenvalue weighted by atomic mass is 9.95. The number of non-ortho nitro benzene ring substituents is 1. The fourth-order valence-corrected chi connectivity index (χ4v) is 3.50. The number of nitro benzene ring substituents is 1. The number of rotatable bonds is 3. The molecule has 1 aromatic rings. The van der Waals surface area contributed by atoms with E-state index >= 15 is 0 Å². The van der Waals surface area contributed by atoms with Gasteiger partial charge >= 0.3 is 0 Å². The van der Waals surface area contributed by atoms with Crippen molar-refractivity contribution < 1.29 is 4.92 Å². The number of nitro groups is 1. The van der Waals surface area contributed by atoms with Gasteiger partial charge in [-0.2, -0.15) is 0 Å². The maximum Gasteiger partial charge on any atom is 0.271 e. The molecule has 0 N–H and O–H groups in total. The van der Waals surface area contributed by atoms with Crippen molar-refractivity contribution in [3.63, 3.8) is 0 Å². The van der Waals surface area contributed by atoms with Crippen LogP contribution in [-0.2, 0) is 6.42 Å². The number of hydrogen-bond acceptors (Lipinski definition) is 3. The molecule has 0 spiro atoms. The SMILES string of the molecule is CCc1cc([N+](=O)[O-])cc(Cl)c1N1[C@@H](C)CCC[C@@H]1C. The number of hydrogen-bond donors (Lipinski definition) is 0. The summed E-state index contributed by atoms with van der Waals surface area (Å²) in [6.07, 6.45) is 4.25. The molecule has 2 atom stereocenters. The van der Waals surface area contributed by atoms with Crippen molar-refractivity contribution >= 4 is 23.0 Å². The average Bonchev–Trinajstić information content (AvgIpc) is 2.39. The van der Waals surface area contributed by atoms with Gasteiger partial charge in [0, 0.05) is 24.2 Å². The second kappa shape index (κ2) is 6.00. The molecule has 0 unspecified atom stereocenters. The third-order valence-electron chi connectivity index (χ3n) is 4.17. The summed E-state index contributed by atoms with van der Waals surface area (Å²) >= 11 is 6.38. The highest BCUT2D eigenvalue weighted by Crippen LogP contribution is 2.39. The number of aryl methyl sites for hydroxylation is 1. The molecule has 110 valence electrons. The fraction of sp³-hybridized carbons (Fsp3) is 0.600. The van der Waals surface area contributed by atoms with Crippen LogP contribution in [0.1, 0.15) is 45.6 Å². The third kappa shape index (κ3) is 2.75. The van der Waals surface area contributed by atoms with Crippen LogP contribution in [0.2, 0.25) is 5.02 Å². The van der Waals surface area contributed by atoms with E-state index in [1.807, 2.05) is 6.92 Å². The van der Waals surface area contributed by atoms with Gasteiger partial charge in [-0.25, -0.2) is 0 Å². The summed E-state index contributed by atoms with van der Waals surface area (Å²) < 4.78 is 0. The first-order valence-electron chi connectivity index (χ1n) is 7.20. The molecule has 0 amide bonds. The van der Waals surface area contributed by atoms with Crippen molar-refractivity contribution in [1.29, 1.82) is 0 Å². The molecule has 4 nitrogen and oxygen atoms in total. The van der Waals surface area contributed by atoms with Crippen molar-refractivity contribution in [3.8, 4) is 0 Å². The number of piperidine rings is 1. The predicted molar refractivity (Wildman–Crippen MR) is 82.7 cm³/mol. The van der Waals surface area contributed by atoms with Crippen LogP contribution in [0.15, 0.2) is 12.1 Å². The molecule has 1 aliphatic rings. The normalized spacial score (nSPS) is 22.9. The van der Waals surface area contributed by atoms with Crippen molar-refractivity contribution in [2.45, 2.75) is 58.5 Å². The lowest BCUT2D eigenvalue weighted by Crippen LogP contribution is -2.44. The van der Waals surface area contributed by atoms with E-state index < -0.39 is 0 Å². The molecule has 0 bridgehead atoms. The lowest BCUT2D eigenvalue weighted by Gasteiger charge is -2.42. The number of nitrogens with zero attached hydrogens (tertiary/aromatic N) is 2. The highest BCUT2D eigenvalue weighted by molar-refractivity contribution is 6.33. The van der Waals surface area contributed by atoms with Gasteiger partial charge in [-0.1, -0.05) is 18.5 Å². The van der Waals surface area contributed by atoms with E-state index in [2.05, 4.69) is 18.7 Å². The molecule has 0 radical (unpaired) electrons. The van der Waals surface area contributed by atoms with Gasteiger partial charge in [0.1, 0.15) is 0 Å². The summed E-state index contributed by atoms with van der Waals surface area (Å²) in [6, 6.07) is 3.98.